The Morgan fingerprint density at radius 3 is 2.11 bits per heavy atom. The van der Waals surface area contributed by atoms with Gasteiger partial charge in [0, 0.05) is 5.69 Å². The SMILES string of the molecule is CCOC(=O)c1ccc(OC(C)C(=O)c2[nH]c(C)c(C(=O)OCC)c2C)cc1. The Hall–Kier alpha value is -3.09. The Morgan fingerprint density at radius 2 is 1.54 bits per heavy atom. The lowest BCUT2D eigenvalue weighted by molar-refractivity contribution is 0.0515. The molecule has 0 saturated heterocycles. The Kier molecular flexibility index (Phi) is 6.98. The van der Waals surface area contributed by atoms with Gasteiger partial charge in [-0.05, 0) is 64.4 Å². The van der Waals surface area contributed by atoms with E-state index in [2.05, 4.69) is 4.98 Å². The maximum Gasteiger partial charge on any atom is 0.340 e. The van der Waals surface area contributed by atoms with Crippen molar-refractivity contribution in [3.63, 3.8) is 0 Å². The first-order chi connectivity index (χ1) is 13.3. The highest BCUT2D eigenvalue weighted by Crippen LogP contribution is 2.22. The van der Waals surface area contributed by atoms with Gasteiger partial charge in [-0.1, -0.05) is 0 Å². The van der Waals surface area contributed by atoms with E-state index in [1.807, 2.05) is 0 Å². The third-order valence-corrected chi connectivity index (χ3v) is 4.21. The van der Waals surface area contributed by atoms with Crippen molar-refractivity contribution < 1.29 is 28.6 Å². The number of nitrogens with one attached hydrogen (secondary N) is 1. The Morgan fingerprint density at radius 1 is 0.964 bits per heavy atom. The molecule has 7 heteroatoms. The van der Waals surface area contributed by atoms with Crippen molar-refractivity contribution in [1.82, 2.24) is 4.98 Å². The number of aromatic amines is 1. The molecule has 1 aromatic heterocycles. The molecule has 0 aliphatic carbocycles. The number of esters is 2. The number of aryl methyl sites for hydroxylation is 1. The third kappa shape index (κ3) is 4.60. The summed E-state index contributed by atoms with van der Waals surface area (Å²) in [7, 11) is 0. The molecular formula is C21H25NO6. The van der Waals surface area contributed by atoms with E-state index in [0.717, 1.165) is 0 Å². The second-order valence-corrected chi connectivity index (χ2v) is 6.21. The maximum atomic E-state index is 12.8. The van der Waals surface area contributed by atoms with Crippen LogP contribution in [0.2, 0.25) is 0 Å². The molecule has 1 N–H and O–H groups in total. The van der Waals surface area contributed by atoms with Crippen LogP contribution in [0.3, 0.4) is 0 Å². The van der Waals surface area contributed by atoms with Crippen LogP contribution >= 0.6 is 0 Å². The number of benzene rings is 1. The molecule has 1 heterocycles. The number of aromatic nitrogens is 1. The number of Topliss-reactive ketones (excluding diaryl/α,β-unsaturated/α-hetero) is 1. The Labute approximate surface area is 164 Å². The zero-order valence-corrected chi connectivity index (χ0v) is 16.8. The highest BCUT2D eigenvalue weighted by Gasteiger charge is 2.26. The van der Waals surface area contributed by atoms with Gasteiger partial charge in [-0.2, -0.15) is 0 Å². The highest BCUT2D eigenvalue weighted by molar-refractivity contribution is 6.03. The van der Waals surface area contributed by atoms with Crippen LogP contribution in [0.25, 0.3) is 0 Å². The summed E-state index contributed by atoms with van der Waals surface area (Å²) in [4.78, 5) is 39.5. The molecular weight excluding hydrogens is 362 g/mol. The standard InChI is InChI=1S/C21H25NO6/c1-6-26-20(24)15-8-10-16(11-9-15)28-14(5)19(23)18-12(3)17(13(4)22-18)21(25)27-7-2/h8-11,14,22H,6-7H2,1-5H3. The molecule has 0 fully saturated rings. The first-order valence-electron chi connectivity index (χ1n) is 9.14. The molecule has 1 unspecified atom stereocenters. The fourth-order valence-electron chi connectivity index (χ4n) is 2.85. The van der Waals surface area contributed by atoms with Gasteiger partial charge in [-0.15, -0.1) is 0 Å². The number of rotatable bonds is 8. The predicted molar refractivity (Wildman–Crippen MR) is 103 cm³/mol. The molecule has 28 heavy (non-hydrogen) atoms. The molecule has 7 nitrogen and oxygen atoms in total. The average molecular weight is 387 g/mol. The Balaban J connectivity index is 2.14. The summed E-state index contributed by atoms with van der Waals surface area (Å²) in [6.07, 6.45) is -0.791. The lowest BCUT2D eigenvalue weighted by Gasteiger charge is -2.14. The monoisotopic (exact) mass is 387 g/mol. The third-order valence-electron chi connectivity index (χ3n) is 4.21. The lowest BCUT2D eigenvalue weighted by Crippen LogP contribution is -2.25. The van der Waals surface area contributed by atoms with Gasteiger partial charge < -0.3 is 19.2 Å². The fraction of sp³-hybridized carbons (Fsp3) is 0.381. The normalized spacial score (nSPS) is 11.6. The van der Waals surface area contributed by atoms with Gasteiger partial charge in [-0.25, -0.2) is 9.59 Å². The van der Waals surface area contributed by atoms with E-state index in [0.29, 0.717) is 40.4 Å². The van der Waals surface area contributed by atoms with Crippen molar-refractivity contribution in [1.29, 1.82) is 0 Å². The number of carbonyl (C=O) groups is 3. The van der Waals surface area contributed by atoms with E-state index in [1.54, 1.807) is 58.9 Å². The number of ether oxygens (including phenoxy) is 3. The minimum atomic E-state index is -0.791. The Bertz CT molecular complexity index is 866. The average Bonchev–Trinajstić information content (AvgIpc) is 2.96. The van der Waals surface area contributed by atoms with Crippen molar-refractivity contribution in [2.75, 3.05) is 13.2 Å². The zero-order chi connectivity index (χ0) is 20.8. The second kappa shape index (κ2) is 9.21. The molecule has 0 aliphatic heterocycles. The van der Waals surface area contributed by atoms with Crippen molar-refractivity contribution >= 4 is 17.7 Å². The number of ketones is 1. The van der Waals surface area contributed by atoms with Gasteiger partial charge in [-0.3, -0.25) is 4.79 Å². The maximum absolute atomic E-state index is 12.8. The number of H-pyrrole nitrogens is 1. The number of carbonyl (C=O) groups excluding carboxylic acids is 3. The van der Waals surface area contributed by atoms with Gasteiger partial charge in [0.2, 0.25) is 5.78 Å². The van der Waals surface area contributed by atoms with Crippen LogP contribution in [0.4, 0.5) is 0 Å². The first-order valence-corrected chi connectivity index (χ1v) is 9.14. The lowest BCUT2D eigenvalue weighted by atomic mass is 10.1. The molecule has 1 atom stereocenters. The van der Waals surface area contributed by atoms with Gasteiger partial charge in [0.15, 0.2) is 6.10 Å². The molecule has 0 saturated carbocycles. The summed E-state index contributed by atoms with van der Waals surface area (Å²) >= 11 is 0. The summed E-state index contributed by atoms with van der Waals surface area (Å²) in [5, 5.41) is 0. The van der Waals surface area contributed by atoms with Crippen LogP contribution in [0.1, 0.15) is 63.2 Å². The van der Waals surface area contributed by atoms with Crippen molar-refractivity contribution in [2.45, 2.75) is 40.7 Å². The van der Waals surface area contributed by atoms with E-state index >= 15 is 0 Å². The quantitative estimate of drug-likeness (QED) is 0.549. The number of hydrogen-bond acceptors (Lipinski definition) is 6. The van der Waals surface area contributed by atoms with Crippen LogP contribution in [0, 0.1) is 13.8 Å². The minimum Gasteiger partial charge on any atom is -0.483 e. The molecule has 0 radical (unpaired) electrons. The van der Waals surface area contributed by atoms with Gasteiger partial charge in [0.25, 0.3) is 0 Å². The summed E-state index contributed by atoms with van der Waals surface area (Å²) in [5.41, 5.74) is 2.20. The largest absolute Gasteiger partial charge is 0.483 e. The second-order valence-electron chi connectivity index (χ2n) is 6.21. The molecule has 0 aliphatic rings. The summed E-state index contributed by atoms with van der Waals surface area (Å²) < 4.78 is 15.7. The molecule has 0 spiro atoms. The molecule has 0 amide bonds. The van der Waals surface area contributed by atoms with E-state index in [1.165, 1.54) is 0 Å². The van der Waals surface area contributed by atoms with Crippen LogP contribution in [0.5, 0.6) is 5.75 Å². The summed E-state index contributed by atoms with van der Waals surface area (Å²) in [6, 6.07) is 6.36. The highest BCUT2D eigenvalue weighted by atomic mass is 16.5. The minimum absolute atomic E-state index is 0.257. The zero-order valence-electron chi connectivity index (χ0n) is 16.8. The molecule has 1 aromatic carbocycles. The van der Waals surface area contributed by atoms with E-state index < -0.39 is 18.0 Å². The van der Waals surface area contributed by atoms with Crippen LogP contribution in [0.15, 0.2) is 24.3 Å². The molecule has 150 valence electrons. The summed E-state index contributed by atoms with van der Waals surface area (Å²) in [6.45, 7) is 9.06. The van der Waals surface area contributed by atoms with Gasteiger partial charge in [0.05, 0.1) is 30.0 Å². The predicted octanol–water partition coefficient (Wildman–Crippen LogP) is 3.64. The summed E-state index contributed by atoms with van der Waals surface area (Å²) in [5.74, 6) is -0.718. The van der Waals surface area contributed by atoms with Crippen LogP contribution in [-0.4, -0.2) is 42.0 Å². The smallest absolute Gasteiger partial charge is 0.340 e. The number of hydrogen-bond donors (Lipinski definition) is 1. The fourth-order valence-corrected chi connectivity index (χ4v) is 2.85. The van der Waals surface area contributed by atoms with E-state index in [-0.39, 0.29) is 12.4 Å². The van der Waals surface area contributed by atoms with Crippen molar-refractivity contribution in [3.8, 4) is 5.75 Å². The van der Waals surface area contributed by atoms with Gasteiger partial charge in [0.1, 0.15) is 5.75 Å². The van der Waals surface area contributed by atoms with Crippen molar-refractivity contribution in [2.24, 2.45) is 0 Å². The molecule has 0 bridgehead atoms. The topological polar surface area (TPSA) is 94.7 Å². The molecule has 2 aromatic rings. The first kappa shape index (κ1) is 21.2. The van der Waals surface area contributed by atoms with Crippen molar-refractivity contribution in [3.05, 3.63) is 52.3 Å². The van der Waals surface area contributed by atoms with Gasteiger partial charge >= 0.3 is 11.9 Å². The van der Waals surface area contributed by atoms with E-state index in [4.69, 9.17) is 14.2 Å². The van der Waals surface area contributed by atoms with E-state index in [9.17, 15) is 14.4 Å². The van der Waals surface area contributed by atoms with Crippen LogP contribution in [-0.2, 0) is 9.47 Å². The molecule has 2 rings (SSSR count). The van der Waals surface area contributed by atoms with Crippen LogP contribution < -0.4 is 4.74 Å².